The van der Waals surface area contributed by atoms with Crippen LogP contribution in [0.4, 0.5) is 0 Å². The number of aliphatic hydroxyl groups is 1. The van der Waals surface area contributed by atoms with Gasteiger partial charge in [0.2, 0.25) is 10.0 Å². The van der Waals surface area contributed by atoms with Crippen molar-refractivity contribution in [2.45, 2.75) is 16.7 Å². The molecule has 0 aliphatic carbocycles. The zero-order valence-electron chi connectivity index (χ0n) is 10.1. The standard InChI is InChI=1S/C9H16N2O5S2/c1-9(12,6-16-4-3-15-2)8-11-5-7(17-8)18(10,13)14/h5,12H,3-4,6H2,1-2H3,(H2,10,13,14)/t9-/m1/s1. The van der Waals surface area contributed by atoms with Gasteiger partial charge < -0.3 is 14.6 Å². The van der Waals surface area contributed by atoms with E-state index in [0.29, 0.717) is 13.2 Å². The van der Waals surface area contributed by atoms with E-state index in [1.807, 2.05) is 0 Å². The highest BCUT2D eigenvalue weighted by Crippen LogP contribution is 2.27. The number of nitrogens with zero attached hydrogens (tertiary/aromatic N) is 1. The average Bonchev–Trinajstić information content (AvgIpc) is 2.73. The zero-order valence-corrected chi connectivity index (χ0v) is 11.8. The lowest BCUT2D eigenvalue weighted by Crippen LogP contribution is -2.28. The lowest BCUT2D eigenvalue weighted by molar-refractivity contribution is -0.0479. The van der Waals surface area contributed by atoms with E-state index in [-0.39, 0.29) is 15.8 Å². The van der Waals surface area contributed by atoms with E-state index in [0.717, 1.165) is 17.5 Å². The van der Waals surface area contributed by atoms with Crippen molar-refractivity contribution in [1.82, 2.24) is 4.98 Å². The minimum Gasteiger partial charge on any atom is -0.382 e. The van der Waals surface area contributed by atoms with Crippen LogP contribution in [0.25, 0.3) is 0 Å². The molecule has 1 aromatic rings. The van der Waals surface area contributed by atoms with Gasteiger partial charge in [-0.1, -0.05) is 0 Å². The summed E-state index contributed by atoms with van der Waals surface area (Å²) in [6, 6.07) is 0. The molecule has 104 valence electrons. The molecule has 1 aromatic heterocycles. The third kappa shape index (κ3) is 4.26. The van der Waals surface area contributed by atoms with Gasteiger partial charge in [-0.05, 0) is 6.92 Å². The predicted molar refractivity (Wildman–Crippen MR) is 65.8 cm³/mol. The SMILES string of the molecule is COCCOC[C@@](C)(O)c1ncc(S(N)(=O)=O)s1. The molecule has 0 aromatic carbocycles. The summed E-state index contributed by atoms with van der Waals surface area (Å²) < 4.78 is 32.1. The molecule has 1 heterocycles. The van der Waals surface area contributed by atoms with E-state index >= 15 is 0 Å². The third-order valence-corrected chi connectivity index (χ3v) is 4.70. The second-order valence-electron chi connectivity index (χ2n) is 3.85. The second kappa shape index (κ2) is 6.04. The first-order chi connectivity index (χ1) is 8.27. The second-order valence-corrected chi connectivity index (χ2v) is 6.67. The van der Waals surface area contributed by atoms with Crippen LogP contribution in [0.5, 0.6) is 0 Å². The van der Waals surface area contributed by atoms with Crippen molar-refractivity contribution < 1.29 is 23.0 Å². The van der Waals surface area contributed by atoms with Gasteiger partial charge in [-0.25, -0.2) is 18.5 Å². The number of rotatable bonds is 7. The number of thiazole rings is 1. The fraction of sp³-hybridized carbons (Fsp3) is 0.667. The molecule has 1 rings (SSSR count). The molecular formula is C9H16N2O5S2. The van der Waals surface area contributed by atoms with Crippen molar-refractivity contribution in [3.63, 3.8) is 0 Å². The summed E-state index contributed by atoms with van der Waals surface area (Å²) in [5.41, 5.74) is -1.36. The molecule has 0 aliphatic heterocycles. The van der Waals surface area contributed by atoms with Crippen LogP contribution in [0, 0.1) is 0 Å². The smallest absolute Gasteiger partial charge is 0.249 e. The van der Waals surface area contributed by atoms with Crippen molar-refractivity contribution >= 4 is 21.4 Å². The molecule has 0 aliphatic rings. The predicted octanol–water partition coefficient (Wildman–Crippen LogP) is -0.339. The Morgan fingerprint density at radius 3 is 2.72 bits per heavy atom. The summed E-state index contributed by atoms with van der Waals surface area (Å²) in [4.78, 5) is 3.85. The summed E-state index contributed by atoms with van der Waals surface area (Å²) in [5.74, 6) is 0. The van der Waals surface area contributed by atoms with Crippen LogP contribution in [0.1, 0.15) is 11.9 Å². The number of methoxy groups -OCH3 is 1. The first-order valence-electron chi connectivity index (χ1n) is 5.05. The Balaban J connectivity index is 2.70. The van der Waals surface area contributed by atoms with Gasteiger partial charge in [0.1, 0.15) is 10.6 Å². The molecule has 0 amide bonds. The van der Waals surface area contributed by atoms with E-state index in [9.17, 15) is 13.5 Å². The zero-order chi connectivity index (χ0) is 13.8. The quantitative estimate of drug-likeness (QED) is 0.666. The molecule has 0 spiro atoms. The van der Waals surface area contributed by atoms with Crippen molar-refractivity contribution in [1.29, 1.82) is 0 Å². The Labute approximate surface area is 110 Å². The maximum atomic E-state index is 11.1. The van der Waals surface area contributed by atoms with Crippen LogP contribution in [0.3, 0.4) is 0 Å². The Morgan fingerprint density at radius 2 is 2.22 bits per heavy atom. The van der Waals surface area contributed by atoms with Crippen molar-refractivity contribution in [3.8, 4) is 0 Å². The Morgan fingerprint density at radius 1 is 1.56 bits per heavy atom. The minimum absolute atomic E-state index is 0.00602. The first kappa shape index (κ1) is 15.5. The highest BCUT2D eigenvalue weighted by Gasteiger charge is 2.28. The number of aromatic nitrogens is 1. The molecule has 0 saturated carbocycles. The average molecular weight is 296 g/mol. The molecule has 3 N–H and O–H groups in total. The normalized spacial score (nSPS) is 15.6. The highest BCUT2D eigenvalue weighted by molar-refractivity contribution is 7.91. The fourth-order valence-corrected chi connectivity index (χ4v) is 2.70. The molecular weight excluding hydrogens is 280 g/mol. The van der Waals surface area contributed by atoms with Gasteiger partial charge in [0.05, 0.1) is 26.0 Å². The van der Waals surface area contributed by atoms with Crippen molar-refractivity contribution in [2.75, 3.05) is 26.9 Å². The van der Waals surface area contributed by atoms with Crippen molar-refractivity contribution in [2.24, 2.45) is 5.14 Å². The van der Waals surface area contributed by atoms with Crippen LogP contribution >= 0.6 is 11.3 Å². The van der Waals surface area contributed by atoms with E-state index in [1.165, 1.54) is 6.92 Å². The van der Waals surface area contributed by atoms with Crippen LogP contribution in [-0.4, -0.2) is 45.4 Å². The molecule has 0 fully saturated rings. The maximum Gasteiger partial charge on any atom is 0.249 e. The number of hydrogen-bond donors (Lipinski definition) is 2. The number of nitrogens with two attached hydrogens (primary N) is 1. The molecule has 9 heteroatoms. The largest absolute Gasteiger partial charge is 0.382 e. The van der Waals surface area contributed by atoms with Gasteiger partial charge in [-0.2, -0.15) is 0 Å². The molecule has 18 heavy (non-hydrogen) atoms. The number of hydrogen-bond acceptors (Lipinski definition) is 7. The lowest BCUT2D eigenvalue weighted by Gasteiger charge is -2.20. The van der Waals surface area contributed by atoms with Gasteiger partial charge in [0, 0.05) is 7.11 Å². The summed E-state index contributed by atoms with van der Waals surface area (Å²) in [7, 11) is -2.24. The van der Waals surface area contributed by atoms with Crippen LogP contribution in [0.2, 0.25) is 0 Å². The monoisotopic (exact) mass is 296 g/mol. The summed E-state index contributed by atoms with van der Waals surface area (Å²) in [6.07, 6.45) is 1.12. The molecule has 0 radical (unpaired) electrons. The molecule has 0 unspecified atom stereocenters. The molecule has 0 saturated heterocycles. The maximum absolute atomic E-state index is 11.1. The Hall–Kier alpha value is -0.580. The Kier molecular flexibility index (Phi) is 5.20. The summed E-state index contributed by atoms with van der Waals surface area (Å²) in [5, 5.41) is 15.3. The third-order valence-electron chi connectivity index (χ3n) is 2.04. The van der Waals surface area contributed by atoms with E-state index in [4.69, 9.17) is 14.6 Å². The van der Waals surface area contributed by atoms with Gasteiger partial charge in [0.25, 0.3) is 0 Å². The number of sulfonamides is 1. The summed E-state index contributed by atoms with van der Waals surface area (Å²) >= 11 is 0.825. The van der Waals surface area contributed by atoms with E-state index in [2.05, 4.69) is 4.98 Å². The first-order valence-corrected chi connectivity index (χ1v) is 7.42. The molecule has 0 bridgehead atoms. The fourth-order valence-electron chi connectivity index (χ4n) is 1.11. The van der Waals surface area contributed by atoms with Gasteiger partial charge in [-0.3, -0.25) is 0 Å². The van der Waals surface area contributed by atoms with Gasteiger partial charge >= 0.3 is 0 Å². The topological polar surface area (TPSA) is 112 Å². The Bertz CT molecular complexity index is 483. The molecule has 7 nitrogen and oxygen atoms in total. The lowest BCUT2D eigenvalue weighted by atomic mass is 10.1. The van der Waals surface area contributed by atoms with Crippen LogP contribution in [0.15, 0.2) is 10.4 Å². The number of primary sulfonamides is 1. The molecule has 1 atom stereocenters. The number of ether oxygens (including phenoxy) is 2. The van der Waals surface area contributed by atoms with Gasteiger partial charge in [-0.15, -0.1) is 11.3 Å². The van der Waals surface area contributed by atoms with Crippen LogP contribution in [-0.2, 0) is 25.1 Å². The summed E-state index contributed by atoms with van der Waals surface area (Å²) in [6.45, 7) is 2.23. The van der Waals surface area contributed by atoms with E-state index in [1.54, 1.807) is 7.11 Å². The minimum atomic E-state index is -3.79. The van der Waals surface area contributed by atoms with Gasteiger partial charge in [0.15, 0.2) is 4.21 Å². The highest BCUT2D eigenvalue weighted by atomic mass is 32.2. The van der Waals surface area contributed by atoms with E-state index < -0.39 is 15.6 Å². The van der Waals surface area contributed by atoms with Crippen molar-refractivity contribution in [3.05, 3.63) is 11.2 Å². The van der Waals surface area contributed by atoms with Crippen LogP contribution < -0.4 is 5.14 Å².